The van der Waals surface area contributed by atoms with Crippen LogP contribution in [0.1, 0.15) is 17.0 Å². The van der Waals surface area contributed by atoms with Gasteiger partial charge in [0, 0.05) is 17.1 Å². The fourth-order valence-corrected chi connectivity index (χ4v) is 3.34. The summed E-state index contributed by atoms with van der Waals surface area (Å²) in [4.78, 5) is 25.9. The van der Waals surface area contributed by atoms with Crippen molar-refractivity contribution in [2.75, 3.05) is 4.90 Å². The lowest BCUT2D eigenvalue weighted by Crippen LogP contribution is -2.28. The van der Waals surface area contributed by atoms with Gasteiger partial charge in [-0.3, -0.25) is 4.79 Å². The molecule has 1 fully saturated rings. The number of imide groups is 1. The van der Waals surface area contributed by atoms with Crippen molar-refractivity contribution in [1.82, 2.24) is 4.57 Å². The van der Waals surface area contributed by atoms with E-state index in [4.69, 9.17) is 4.74 Å². The number of aromatic hydroxyl groups is 1. The van der Waals surface area contributed by atoms with Crippen LogP contribution in [0.25, 0.3) is 11.8 Å². The molecule has 2 amide bonds. The number of phenolic OH excluding ortho intramolecular Hbond substituents is 1. The van der Waals surface area contributed by atoms with Crippen molar-refractivity contribution < 1.29 is 19.4 Å². The topological polar surface area (TPSA) is 71.8 Å². The van der Waals surface area contributed by atoms with Crippen LogP contribution >= 0.6 is 0 Å². The van der Waals surface area contributed by atoms with Gasteiger partial charge in [0.2, 0.25) is 0 Å². The maximum Gasteiger partial charge on any atom is 0.427 e. The second-order valence-electron chi connectivity index (χ2n) is 6.53. The minimum absolute atomic E-state index is 0.0141. The van der Waals surface area contributed by atoms with E-state index in [-0.39, 0.29) is 11.5 Å². The number of ether oxygens (including phenoxy) is 1. The number of anilines is 1. The molecule has 6 heteroatoms. The summed E-state index contributed by atoms with van der Waals surface area (Å²) in [7, 11) is 0. The average Bonchev–Trinajstić information content (AvgIpc) is 3.12. The molecule has 0 radical (unpaired) electrons. The Balaban J connectivity index is 1.70. The SMILES string of the molecule is Cc1cc(C=C2OC(=O)N(c3ccccc3)C2=O)c(C)n1-c1ccc(O)cc1. The third-order valence-corrected chi connectivity index (χ3v) is 4.67. The number of nitrogens with zero attached hydrogens (tertiary/aromatic N) is 2. The van der Waals surface area contributed by atoms with Crippen LogP contribution < -0.4 is 4.90 Å². The largest absolute Gasteiger partial charge is 0.508 e. The summed E-state index contributed by atoms with van der Waals surface area (Å²) < 4.78 is 7.23. The predicted octanol–water partition coefficient (Wildman–Crippen LogP) is 4.32. The molecule has 0 aliphatic carbocycles. The zero-order chi connectivity index (χ0) is 19.8. The highest BCUT2D eigenvalue weighted by Gasteiger charge is 2.37. The molecule has 0 spiro atoms. The molecular weight excluding hydrogens is 356 g/mol. The van der Waals surface area contributed by atoms with Crippen molar-refractivity contribution in [3.8, 4) is 11.4 Å². The van der Waals surface area contributed by atoms with Crippen LogP contribution in [0.5, 0.6) is 5.75 Å². The van der Waals surface area contributed by atoms with Crippen LogP contribution in [0.4, 0.5) is 10.5 Å². The molecule has 1 aliphatic heterocycles. The molecule has 2 heterocycles. The zero-order valence-electron chi connectivity index (χ0n) is 15.4. The molecule has 6 nitrogen and oxygen atoms in total. The number of para-hydroxylation sites is 1. The van der Waals surface area contributed by atoms with Crippen molar-refractivity contribution >= 4 is 23.8 Å². The lowest BCUT2D eigenvalue weighted by atomic mass is 10.2. The van der Waals surface area contributed by atoms with Gasteiger partial charge in [-0.1, -0.05) is 18.2 Å². The molecule has 4 rings (SSSR count). The fraction of sp³-hybridized carbons (Fsp3) is 0.0909. The Morgan fingerprint density at radius 1 is 0.929 bits per heavy atom. The molecule has 2 aromatic carbocycles. The molecule has 0 unspecified atom stereocenters. The molecule has 1 saturated heterocycles. The first kappa shape index (κ1) is 17.6. The zero-order valence-corrected chi connectivity index (χ0v) is 15.4. The number of cyclic esters (lactones) is 1. The van der Waals surface area contributed by atoms with Crippen LogP contribution in [0, 0.1) is 13.8 Å². The summed E-state index contributed by atoms with van der Waals surface area (Å²) in [6.45, 7) is 3.86. The first-order valence-electron chi connectivity index (χ1n) is 8.77. The van der Waals surface area contributed by atoms with Crippen LogP contribution in [0.2, 0.25) is 0 Å². The molecule has 1 N–H and O–H groups in total. The summed E-state index contributed by atoms with van der Waals surface area (Å²) in [5, 5.41) is 9.50. The first-order chi connectivity index (χ1) is 13.5. The number of hydrogen-bond acceptors (Lipinski definition) is 4. The Hall–Kier alpha value is -3.80. The van der Waals surface area contributed by atoms with Crippen LogP contribution in [-0.2, 0) is 9.53 Å². The van der Waals surface area contributed by atoms with Gasteiger partial charge in [0.15, 0.2) is 5.76 Å². The van der Waals surface area contributed by atoms with Gasteiger partial charge < -0.3 is 14.4 Å². The number of rotatable bonds is 3. The summed E-state index contributed by atoms with van der Waals surface area (Å²) >= 11 is 0. The average molecular weight is 374 g/mol. The van der Waals surface area contributed by atoms with E-state index in [0.717, 1.165) is 27.5 Å². The second kappa shape index (κ2) is 6.74. The summed E-state index contributed by atoms with van der Waals surface area (Å²) in [5.74, 6) is -0.316. The standard InChI is InChI=1S/C22H18N2O4/c1-14-12-16(15(2)23(14)18-8-10-19(25)11-9-18)13-20-21(26)24(22(27)28-20)17-6-4-3-5-7-17/h3-13,25H,1-2H3. The number of phenols is 1. The van der Waals surface area contributed by atoms with Crippen LogP contribution in [0.3, 0.4) is 0 Å². The summed E-state index contributed by atoms with van der Waals surface area (Å²) in [5.41, 5.74) is 3.97. The highest BCUT2D eigenvalue weighted by Crippen LogP contribution is 2.28. The Bertz CT molecular complexity index is 1100. The Morgan fingerprint density at radius 2 is 1.61 bits per heavy atom. The number of carbonyl (C=O) groups excluding carboxylic acids is 2. The van der Waals surface area contributed by atoms with E-state index in [1.54, 1.807) is 42.5 Å². The maximum atomic E-state index is 12.7. The highest BCUT2D eigenvalue weighted by atomic mass is 16.6. The molecule has 140 valence electrons. The molecule has 0 saturated carbocycles. The van der Waals surface area contributed by atoms with Gasteiger partial charge in [0.1, 0.15) is 5.75 Å². The third kappa shape index (κ3) is 2.95. The Morgan fingerprint density at radius 3 is 2.29 bits per heavy atom. The van der Waals surface area contributed by atoms with Crippen molar-refractivity contribution in [3.05, 3.63) is 83.4 Å². The molecule has 1 aliphatic rings. The predicted molar refractivity (Wildman–Crippen MR) is 105 cm³/mol. The van der Waals surface area contributed by atoms with E-state index in [2.05, 4.69) is 0 Å². The van der Waals surface area contributed by atoms with Gasteiger partial charge in [-0.2, -0.15) is 0 Å². The van der Waals surface area contributed by atoms with Gasteiger partial charge in [0.05, 0.1) is 5.69 Å². The molecule has 0 atom stereocenters. The van der Waals surface area contributed by atoms with Gasteiger partial charge in [-0.15, -0.1) is 0 Å². The summed E-state index contributed by atoms with van der Waals surface area (Å²) in [6.07, 6.45) is 0.873. The molecule has 0 bridgehead atoms. The third-order valence-electron chi connectivity index (χ3n) is 4.67. The molecule has 28 heavy (non-hydrogen) atoms. The van der Waals surface area contributed by atoms with E-state index in [0.29, 0.717) is 5.69 Å². The van der Waals surface area contributed by atoms with Gasteiger partial charge in [-0.25, -0.2) is 9.69 Å². The highest BCUT2D eigenvalue weighted by molar-refractivity contribution is 6.24. The van der Waals surface area contributed by atoms with E-state index >= 15 is 0 Å². The minimum Gasteiger partial charge on any atom is -0.508 e. The number of aromatic nitrogens is 1. The molecule has 3 aromatic rings. The van der Waals surface area contributed by atoms with Crippen molar-refractivity contribution in [3.63, 3.8) is 0 Å². The number of benzene rings is 2. The fourth-order valence-electron chi connectivity index (χ4n) is 3.34. The normalized spacial score (nSPS) is 15.4. The van der Waals surface area contributed by atoms with E-state index in [1.807, 2.05) is 42.7 Å². The van der Waals surface area contributed by atoms with E-state index in [1.165, 1.54) is 0 Å². The lowest BCUT2D eigenvalue weighted by molar-refractivity contribution is -0.114. The minimum atomic E-state index is -0.713. The second-order valence-corrected chi connectivity index (χ2v) is 6.53. The van der Waals surface area contributed by atoms with Crippen LogP contribution in [0.15, 0.2) is 66.4 Å². The van der Waals surface area contributed by atoms with Gasteiger partial charge in [-0.05, 0) is 68.0 Å². The lowest BCUT2D eigenvalue weighted by Gasteiger charge is -2.09. The van der Waals surface area contributed by atoms with Crippen molar-refractivity contribution in [2.24, 2.45) is 0 Å². The molecular formula is C22H18N2O4. The number of amides is 2. The maximum absolute atomic E-state index is 12.7. The van der Waals surface area contributed by atoms with Crippen molar-refractivity contribution in [2.45, 2.75) is 13.8 Å². The van der Waals surface area contributed by atoms with Gasteiger partial charge >= 0.3 is 12.0 Å². The van der Waals surface area contributed by atoms with E-state index in [9.17, 15) is 14.7 Å². The Labute approximate surface area is 161 Å². The number of hydrogen-bond donors (Lipinski definition) is 1. The van der Waals surface area contributed by atoms with Gasteiger partial charge in [0.25, 0.3) is 0 Å². The monoisotopic (exact) mass is 374 g/mol. The number of aryl methyl sites for hydroxylation is 1. The first-order valence-corrected chi connectivity index (χ1v) is 8.77. The molecule has 1 aromatic heterocycles. The summed E-state index contributed by atoms with van der Waals surface area (Å²) in [6, 6.07) is 17.4. The quantitative estimate of drug-likeness (QED) is 0.693. The van der Waals surface area contributed by atoms with E-state index < -0.39 is 12.0 Å². The van der Waals surface area contributed by atoms with Crippen LogP contribution in [-0.4, -0.2) is 21.7 Å². The van der Waals surface area contributed by atoms with Crippen molar-refractivity contribution in [1.29, 1.82) is 0 Å². The smallest absolute Gasteiger partial charge is 0.427 e. The number of carbonyl (C=O) groups is 2. The Kier molecular flexibility index (Phi) is 4.24.